The summed E-state index contributed by atoms with van der Waals surface area (Å²) in [4.78, 5) is 19.8. The quantitative estimate of drug-likeness (QED) is 0.608. The van der Waals surface area contributed by atoms with Gasteiger partial charge in [-0.15, -0.1) is 0 Å². The Balaban J connectivity index is 2.15. The van der Waals surface area contributed by atoms with Crippen LogP contribution in [-0.2, 0) is 0 Å². The number of benzene rings is 1. The molecule has 1 aliphatic carbocycles. The number of aromatic amines is 1. The summed E-state index contributed by atoms with van der Waals surface area (Å²) < 4.78 is 1.61. The van der Waals surface area contributed by atoms with E-state index in [0.29, 0.717) is 20.3 Å². The Labute approximate surface area is 149 Å². The third kappa shape index (κ3) is 3.19. The van der Waals surface area contributed by atoms with Crippen molar-refractivity contribution in [3.05, 3.63) is 47.3 Å². The smallest absolute Gasteiger partial charge is 0.264 e. The first-order valence-corrected chi connectivity index (χ1v) is 9.06. The molecule has 0 spiro atoms. The first kappa shape index (κ1) is 15.5. The fourth-order valence-corrected chi connectivity index (χ4v) is 4.02. The Morgan fingerprint density at radius 2 is 2.05 bits per heavy atom. The average Bonchev–Trinajstić information content (AvgIpc) is 2.98. The van der Waals surface area contributed by atoms with Crippen molar-refractivity contribution in [3.63, 3.8) is 0 Å². The van der Waals surface area contributed by atoms with Crippen LogP contribution in [0.4, 0.5) is 0 Å². The van der Waals surface area contributed by atoms with Crippen molar-refractivity contribution < 1.29 is 0 Å². The predicted octanol–water partition coefficient (Wildman–Crippen LogP) is 5.12. The first-order chi connectivity index (χ1) is 10.1. The van der Waals surface area contributed by atoms with Crippen LogP contribution >= 0.6 is 50.1 Å². The summed E-state index contributed by atoms with van der Waals surface area (Å²) in [6, 6.07) is 5.55. The first-order valence-electron chi connectivity index (χ1n) is 6.81. The van der Waals surface area contributed by atoms with Gasteiger partial charge in [-0.3, -0.25) is 4.79 Å². The number of aromatic nitrogens is 2. The van der Waals surface area contributed by atoms with Crippen LogP contribution in [0.2, 0.25) is 5.02 Å². The van der Waals surface area contributed by atoms with E-state index in [1.807, 2.05) is 12.1 Å². The van der Waals surface area contributed by atoms with Crippen LogP contribution in [0.1, 0.15) is 37.3 Å². The molecule has 0 atom stereocenters. The van der Waals surface area contributed by atoms with E-state index >= 15 is 0 Å². The van der Waals surface area contributed by atoms with Crippen molar-refractivity contribution in [1.29, 1.82) is 0 Å². The molecular formula is C15H13BrClIN2O. The Hall–Kier alpha value is -0.400. The van der Waals surface area contributed by atoms with Crippen molar-refractivity contribution in [2.45, 2.75) is 31.6 Å². The number of halogens is 3. The summed E-state index contributed by atoms with van der Waals surface area (Å²) in [5.41, 5.74) is 1.58. The number of hydrogen-bond donors (Lipinski definition) is 1. The highest BCUT2D eigenvalue weighted by Gasteiger charge is 2.23. The Bertz CT molecular complexity index is 741. The summed E-state index contributed by atoms with van der Waals surface area (Å²) in [5.74, 6) is 0.942. The third-order valence-corrected chi connectivity index (χ3v) is 5.68. The fourth-order valence-electron chi connectivity index (χ4n) is 2.75. The maximum absolute atomic E-state index is 12.2. The lowest BCUT2D eigenvalue weighted by atomic mass is 10.0. The van der Waals surface area contributed by atoms with E-state index in [1.165, 1.54) is 12.8 Å². The lowest BCUT2D eigenvalue weighted by molar-refractivity contribution is 0.687. The molecule has 1 aromatic carbocycles. The average molecular weight is 480 g/mol. The normalized spacial score (nSPS) is 15.6. The van der Waals surface area contributed by atoms with Gasteiger partial charge in [0.05, 0.1) is 14.3 Å². The third-order valence-electron chi connectivity index (χ3n) is 3.81. The molecule has 21 heavy (non-hydrogen) atoms. The Morgan fingerprint density at radius 3 is 2.76 bits per heavy atom. The molecule has 3 rings (SSSR count). The minimum Gasteiger partial charge on any atom is -0.306 e. The molecule has 1 aliphatic rings. The van der Waals surface area contributed by atoms with Gasteiger partial charge >= 0.3 is 0 Å². The lowest BCUT2D eigenvalue weighted by Crippen LogP contribution is -2.18. The predicted molar refractivity (Wildman–Crippen MR) is 96.9 cm³/mol. The van der Waals surface area contributed by atoms with E-state index in [1.54, 1.807) is 6.07 Å². The topological polar surface area (TPSA) is 45.8 Å². The van der Waals surface area contributed by atoms with Crippen LogP contribution in [0.5, 0.6) is 0 Å². The van der Waals surface area contributed by atoms with Gasteiger partial charge in [0.15, 0.2) is 0 Å². The van der Waals surface area contributed by atoms with Crippen molar-refractivity contribution in [2.24, 2.45) is 0 Å². The van der Waals surface area contributed by atoms with E-state index in [0.717, 1.165) is 28.6 Å². The van der Waals surface area contributed by atoms with Crippen LogP contribution in [0.25, 0.3) is 11.4 Å². The number of rotatable bonds is 2. The van der Waals surface area contributed by atoms with Crippen LogP contribution in [0.3, 0.4) is 0 Å². The zero-order chi connectivity index (χ0) is 15.0. The van der Waals surface area contributed by atoms with Crippen molar-refractivity contribution in [1.82, 2.24) is 9.97 Å². The highest BCUT2D eigenvalue weighted by molar-refractivity contribution is 14.1. The summed E-state index contributed by atoms with van der Waals surface area (Å²) in [5, 5.41) is 0.583. The molecule has 3 nitrogen and oxygen atoms in total. The second-order valence-electron chi connectivity index (χ2n) is 5.22. The molecule has 1 saturated carbocycles. The van der Waals surface area contributed by atoms with Crippen molar-refractivity contribution >= 4 is 50.1 Å². The van der Waals surface area contributed by atoms with Gasteiger partial charge in [-0.05, 0) is 53.6 Å². The van der Waals surface area contributed by atoms with E-state index in [4.69, 9.17) is 16.6 Å². The molecule has 0 bridgehead atoms. The zero-order valence-corrected chi connectivity index (χ0v) is 15.6. The Kier molecular flexibility index (Phi) is 4.71. The summed E-state index contributed by atoms with van der Waals surface area (Å²) >= 11 is 11.8. The number of nitrogens with zero attached hydrogens (tertiary/aromatic N) is 1. The number of hydrogen-bond acceptors (Lipinski definition) is 2. The maximum Gasteiger partial charge on any atom is 0.264 e. The summed E-state index contributed by atoms with van der Waals surface area (Å²) in [6.07, 6.45) is 4.64. The second-order valence-corrected chi connectivity index (χ2v) is 7.62. The maximum atomic E-state index is 12.2. The van der Waals surface area contributed by atoms with Crippen LogP contribution < -0.4 is 5.56 Å². The van der Waals surface area contributed by atoms with Gasteiger partial charge in [0, 0.05) is 16.0 Å². The van der Waals surface area contributed by atoms with E-state index < -0.39 is 0 Å². The van der Waals surface area contributed by atoms with Gasteiger partial charge in [-0.25, -0.2) is 4.98 Å². The molecule has 1 heterocycles. The SMILES string of the molecule is O=c1[nH]c(-c2cc(Br)ccc2Cl)nc(C2CCCC2)c1I. The number of H-pyrrole nitrogens is 1. The molecule has 110 valence electrons. The van der Waals surface area contributed by atoms with Crippen LogP contribution in [0, 0.1) is 3.57 Å². The standard InChI is InChI=1S/C15H13BrClIN2O/c16-9-5-6-11(17)10(7-9)14-19-13(8-3-1-2-4-8)12(18)15(21)20-14/h5-8H,1-4H2,(H,19,20,21). The lowest BCUT2D eigenvalue weighted by Gasteiger charge is -2.13. The molecule has 1 N–H and O–H groups in total. The largest absolute Gasteiger partial charge is 0.306 e. The van der Waals surface area contributed by atoms with Gasteiger partial charge in [0.2, 0.25) is 0 Å². The minimum atomic E-state index is -0.0847. The van der Waals surface area contributed by atoms with Gasteiger partial charge in [-0.2, -0.15) is 0 Å². The monoisotopic (exact) mass is 478 g/mol. The zero-order valence-electron chi connectivity index (χ0n) is 11.1. The molecule has 0 aliphatic heterocycles. The van der Waals surface area contributed by atoms with Gasteiger partial charge < -0.3 is 4.98 Å². The van der Waals surface area contributed by atoms with E-state index in [9.17, 15) is 4.79 Å². The molecular weight excluding hydrogens is 466 g/mol. The van der Waals surface area contributed by atoms with E-state index in [-0.39, 0.29) is 5.56 Å². The van der Waals surface area contributed by atoms with Crippen molar-refractivity contribution in [2.75, 3.05) is 0 Å². The van der Waals surface area contributed by atoms with E-state index in [2.05, 4.69) is 43.5 Å². The van der Waals surface area contributed by atoms with Crippen LogP contribution in [0.15, 0.2) is 27.5 Å². The fraction of sp³-hybridized carbons (Fsp3) is 0.333. The molecule has 0 unspecified atom stereocenters. The minimum absolute atomic E-state index is 0.0847. The second kappa shape index (κ2) is 6.38. The molecule has 0 amide bonds. The molecule has 2 aromatic rings. The summed E-state index contributed by atoms with van der Waals surface area (Å²) in [7, 11) is 0. The number of nitrogens with one attached hydrogen (secondary N) is 1. The molecule has 1 aromatic heterocycles. The van der Waals surface area contributed by atoms with Gasteiger partial charge in [0.25, 0.3) is 5.56 Å². The van der Waals surface area contributed by atoms with Gasteiger partial charge in [0.1, 0.15) is 5.82 Å². The molecule has 0 radical (unpaired) electrons. The Morgan fingerprint density at radius 1 is 1.33 bits per heavy atom. The molecule has 6 heteroatoms. The highest BCUT2D eigenvalue weighted by atomic mass is 127. The molecule has 1 fully saturated rings. The van der Waals surface area contributed by atoms with Crippen LogP contribution in [-0.4, -0.2) is 9.97 Å². The van der Waals surface area contributed by atoms with Crippen molar-refractivity contribution in [3.8, 4) is 11.4 Å². The highest BCUT2D eigenvalue weighted by Crippen LogP contribution is 2.36. The summed E-state index contributed by atoms with van der Waals surface area (Å²) in [6.45, 7) is 0. The molecule has 0 saturated heterocycles. The van der Waals surface area contributed by atoms with Gasteiger partial charge in [-0.1, -0.05) is 40.4 Å².